The summed E-state index contributed by atoms with van der Waals surface area (Å²) in [6, 6.07) is 17.0. The Kier molecular flexibility index (Phi) is 6.26. The number of nitrogens with zero attached hydrogens (tertiary/aromatic N) is 1. The van der Waals surface area contributed by atoms with Crippen LogP contribution in [-0.4, -0.2) is 23.1 Å². The van der Waals surface area contributed by atoms with Crippen molar-refractivity contribution in [2.45, 2.75) is 32.7 Å². The highest BCUT2D eigenvalue weighted by Crippen LogP contribution is 2.16. The van der Waals surface area contributed by atoms with Crippen LogP contribution < -0.4 is 5.32 Å². The minimum absolute atomic E-state index is 0.0933. The number of aromatic nitrogens is 1. The molecular weight excluding hydrogens is 340 g/mol. The van der Waals surface area contributed by atoms with Crippen LogP contribution in [0.4, 0.5) is 5.69 Å². The topological polar surface area (TPSA) is 60.3 Å². The zero-order valence-electron chi connectivity index (χ0n) is 15.5. The highest BCUT2D eigenvalue weighted by molar-refractivity contribution is 5.94. The van der Waals surface area contributed by atoms with Crippen molar-refractivity contribution in [2.75, 3.05) is 11.9 Å². The zero-order chi connectivity index (χ0) is 19.1. The number of fused-ring (bicyclic) bond motifs is 1. The lowest BCUT2D eigenvalue weighted by molar-refractivity contribution is -0.116. The van der Waals surface area contributed by atoms with E-state index in [4.69, 9.17) is 4.74 Å². The second-order valence-electron chi connectivity index (χ2n) is 6.44. The van der Waals surface area contributed by atoms with Crippen molar-refractivity contribution < 1.29 is 14.3 Å². The molecule has 5 heteroatoms. The first kappa shape index (κ1) is 18.7. The van der Waals surface area contributed by atoms with Gasteiger partial charge in [-0.05, 0) is 42.1 Å². The van der Waals surface area contributed by atoms with E-state index >= 15 is 0 Å². The van der Waals surface area contributed by atoms with E-state index in [9.17, 15) is 9.59 Å². The molecule has 0 saturated carbocycles. The van der Waals surface area contributed by atoms with Gasteiger partial charge >= 0.3 is 5.97 Å². The Morgan fingerprint density at radius 3 is 2.78 bits per heavy atom. The van der Waals surface area contributed by atoms with Gasteiger partial charge in [0.25, 0.3) is 0 Å². The average Bonchev–Trinajstić information content (AvgIpc) is 3.10. The summed E-state index contributed by atoms with van der Waals surface area (Å²) in [6.07, 6.45) is 4.16. The van der Waals surface area contributed by atoms with Gasteiger partial charge in [-0.25, -0.2) is 4.79 Å². The van der Waals surface area contributed by atoms with E-state index < -0.39 is 0 Å². The Bertz CT molecular complexity index is 930. The van der Waals surface area contributed by atoms with Gasteiger partial charge in [0.2, 0.25) is 5.91 Å². The molecule has 0 atom stereocenters. The first-order valence-electron chi connectivity index (χ1n) is 9.28. The highest BCUT2D eigenvalue weighted by atomic mass is 16.5. The molecule has 0 aliphatic heterocycles. The fourth-order valence-corrected chi connectivity index (χ4v) is 2.90. The lowest BCUT2D eigenvalue weighted by Crippen LogP contribution is -2.15. The maximum Gasteiger partial charge on any atom is 0.338 e. The van der Waals surface area contributed by atoms with Crippen LogP contribution in [0.15, 0.2) is 60.8 Å². The lowest BCUT2D eigenvalue weighted by atomic mass is 10.2. The molecule has 140 valence electrons. The second-order valence-corrected chi connectivity index (χ2v) is 6.44. The van der Waals surface area contributed by atoms with Gasteiger partial charge in [-0.2, -0.15) is 0 Å². The number of carbonyl (C=O) groups excluding carboxylic acids is 2. The van der Waals surface area contributed by atoms with Crippen molar-refractivity contribution in [1.29, 1.82) is 0 Å². The summed E-state index contributed by atoms with van der Waals surface area (Å²) in [6.45, 7) is 3.05. The summed E-state index contributed by atoms with van der Waals surface area (Å²) >= 11 is 0. The molecule has 27 heavy (non-hydrogen) atoms. The smallest absolute Gasteiger partial charge is 0.338 e. The van der Waals surface area contributed by atoms with Crippen LogP contribution in [0.5, 0.6) is 0 Å². The molecule has 1 aromatic heterocycles. The van der Waals surface area contributed by atoms with Crippen LogP contribution in [0, 0.1) is 0 Å². The maximum absolute atomic E-state index is 12.3. The van der Waals surface area contributed by atoms with Gasteiger partial charge in [0, 0.05) is 30.4 Å². The van der Waals surface area contributed by atoms with E-state index in [1.807, 2.05) is 37.4 Å². The van der Waals surface area contributed by atoms with E-state index in [2.05, 4.69) is 16.0 Å². The molecule has 0 radical (unpaired) electrons. The summed E-state index contributed by atoms with van der Waals surface area (Å²) in [5.74, 6) is -0.456. The number of rotatable bonds is 8. The van der Waals surface area contributed by atoms with Gasteiger partial charge in [0.05, 0.1) is 12.2 Å². The number of nitrogens with one attached hydrogen (secondary N) is 1. The first-order valence-corrected chi connectivity index (χ1v) is 9.28. The standard InChI is InChI=1S/C22H24N2O3/c1-2-3-15-27-22(26)18-8-6-9-19(16-18)23-21(25)12-14-24-13-11-17-7-4-5-10-20(17)24/h4-11,13,16H,2-3,12,14-15H2,1H3,(H,23,25). The van der Waals surface area contributed by atoms with Gasteiger partial charge in [-0.1, -0.05) is 37.6 Å². The van der Waals surface area contributed by atoms with E-state index in [0.717, 1.165) is 23.7 Å². The fraction of sp³-hybridized carbons (Fsp3) is 0.273. The van der Waals surface area contributed by atoms with Crippen molar-refractivity contribution in [1.82, 2.24) is 4.57 Å². The summed E-state index contributed by atoms with van der Waals surface area (Å²) in [7, 11) is 0. The van der Waals surface area contributed by atoms with Gasteiger partial charge in [-0.3, -0.25) is 4.79 Å². The summed E-state index contributed by atoms with van der Waals surface area (Å²) in [5.41, 5.74) is 2.16. The second kappa shape index (κ2) is 9.03. The molecular formula is C22H24N2O3. The molecule has 1 amide bonds. The molecule has 0 bridgehead atoms. The number of ether oxygens (including phenoxy) is 1. The van der Waals surface area contributed by atoms with Crippen molar-refractivity contribution in [3.63, 3.8) is 0 Å². The maximum atomic E-state index is 12.3. The van der Waals surface area contributed by atoms with Gasteiger partial charge in [0.1, 0.15) is 0 Å². The normalized spacial score (nSPS) is 10.7. The molecule has 0 fully saturated rings. The molecule has 0 aliphatic carbocycles. The number of para-hydroxylation sites is 1. The molecule has 0 spiro atoms. The molecule has 3 rings (SSSR count). The molecule has 1 heterocycles. The molecule has 0 unspecified atom stereocenters. The number of hydrogen-bond donors (Lipinski definition) is 1. The van der Waals surface area contributed by atoms with Crippen LogP contribution in [0.1, 0.15) is 36.5 Å². The third-order valence-corrected chi connectivity index (χ3v) is 4.37. The first-order chi connectivity index (χ1) is 13.2. The summed E-state index contributed by atoms with van der Waals surface area (Å²) in [5, 5.41) is 4.01. The SMILES string of the molecule is CCCCOC(=O)c1cccc(NC(=O)CCn2ccc3ccccc32)c1. The fourth-order valence-electron chi connectivity index (χ4n) is 2.90. The number of anilines is 1. The molecule has 3 aromatic rings. The largest absolute Gasteiger partial charge is 0.462 e. The molecule has 5 nitrogen and oxygen atoms in total. The van der Waals surface area contributed by atoms with Crippen molar-refractivity contribution >= 4 is 28.5 Å². The molecule has 0 saturated heterocycles. The number of unbranched alkanes of at least 4 members (excludes halogenated alkanes) is 1. The van der Waals surface area contributed by atoms with E-state index in [-0.39, 0.29) is 11.9 Å². The number of carbonyl (C=O) groups is 2. The Morgan fingerprint density at radius 1 is 1.07 bits per heavy atom. The van der Waals surface area contributed by atoms with Gasteiger partial charge in [0.15, 0.2) is 0 Å². The lowest BCUT2D eigenvalue weighted by Gasteiger charge is -2.09. The van der Waals surface area contributed by atoms with Crippen LogP contribution in [0.2, 0.25) is 0 Å². The minimum atomic E-state index is -0.363. The van der Waals surface area contributed by atoms with Gasteiger partial charge in [-0.15, -0.1) is 0 Å². The third-order valence-electron chi connectivity index (χ3n) is 4.37. The van der Waals surface area contributed by atoms with E-state index in [0.29, 0.717) is 30.8 Å². The van der Waals surface area contributed by atoms with Crippen molar-refractivity contribution in [3.05, 3.63) is 66.4 Å². The molecule has 2 aromatic carbocycles. The van der Waals surface area contributed by atoms with Crippen LogP contribution >= 0.6 is 0 Å². The van der Waals surface area contributed by atoms with Crippen LogP contribution in [0.25, 0.3) is 10.9 Å². The monoisotopic (exact) mass is 364 g/mol. The summed E-state index contributed by atoms with van der Waals surface area (Å²) < 4.78 is 7.28. The van der Waals surface area contributed by atoms with E-state index in [1.54, 1.807) is 24.3 Å². The third kappa shape index (κ3) is 4.97. The van der Waals surface area contributed by atoms with Crippen LogP contribution in [0.3, 0.4) is 0 Å². The molecule has 0 aliphatic rings. The average molecular weight is 364 g/mol. The number of hydrogen-bond acceptors (Lipinski definition) is 3. The Hall–Kier alpha value is -3.08. The zero-order valence-corrected chi connectivity index (χ0v) is 15.5. The number of aryl methyl sites for hydroxylation is 1. The van der Waals surface area contributed by atoms with Gasteiger partial charge < -0.3 is 14.6 Å². The Morgan fingerprint density at radius 2 is 1.93 bits per heavy atom. The number of benzene rings is 2. The predicted molar refractivity (Wildman–Crippen MR) is 107 cm³/mol. The van der Waals surface area contributed by atoms with Crippen LogP contribution in [-0.2, 0) is 16.1 Å². The highest BCUT2D eigenvalue weighted by Gasteiger charge is 2.09. The van der Waals surface area contributed by atoms with E-state index in [1.165, 1.54) is 0 Å². The predicted octanol–water partition coefficient (Wildman–Crippen LogP) is 4.63. The number of amides is 1. The molecule has 1 N–H and O–H groups in total. The quantitative estimate of drug-likeness (QED) is 0.468. The Labute approximate surface area is 158 Å². The van der Waals surface area contributed by atoms with Crippen molar-refractivity contribution in [2.24, 2.45) is 0 Å². The summed E-state index contributed by atoms with van der Waals surface area (Å²) in [4.78, 5) is 24.3. The number of esters is 1. The van der Waals surface area contributed by atoms with Crippen molar-refractivity contribution in [3.8, 4) is 0 Å². The Balaban J connectivity index is 1.56. The minimum Gasteiger partial charge on any atom is -0.462 e.